The van der Waals surface area contributed by atoms with Crippen LogP contribution in [0.5, 0.6) is 11.5 Å². The average molecular weight is 319 g/mol. The van der Waals surface area contributed by atoms with Gasteiger partial charge in [0, 0.05) is 12.1 Å². The second-order valence-electron chi connectivity index (χ2n) is 6.18. The van der Waals surface area contributed by atoms with E-state index in [1.807, 2.05) is 25.1 Å². The van der Waals surface area contributed by atoms with Crippen LogP contribution in [0.25, 0.3) is 6.08 Å². The van der Waals surface area contributed by atoms with Gasteiger partial charge in [-0.1, -0.05) is 32.8 Å². The molecule has 23 heavy (non-hydrogen) atoms. The van der Waals surface area contributed by atoms with Crippen LogP contribution in [0.15, 0.2) is 24.3 Å². The lowest BCUT2D eigenvalue weighted by Crippen LogP contribution is -2.31. The number of nitrogens with one attached hydrogen (secondary N) is 1. The fraction of sp³-hybridized carbons (Fsp3) is 0.526. The highest BCUT2D eigenvalue weighted by Crippen LogP contribution is 2.27. The molecule has 1 unspecified atom stereocenters. The highest BCUT2D eigenvalue weighted by Gasteiger charge is 2.06. The first kappa shape index (κ1) is 19.1. The number of rotatable bonds is 9. The third-order valence-electron chi connectivity index (χ3n) is 3.64. The van der Waals surface area contributed by atoms with E-state index in [4.69, 9.17) is 9.47 Å². The Morgan fingerprint density at radius 2 is 1.83 bits per heavy atom. The largest absolute Gasteiger partial charge is 0.493 e. The van der Waals surface area contributed by atoms with Crippen molar-refractivity contribution < 1.29 is 14.3 Å². The lowest BCUT2D eigenvalue weighted by Gasteiger charge is -2.13. The van der Waals surface area contributed by atoms with Gasteiger partial charge in [0.05, 0.1) is 14.2 Å². The van der Waals surface area contributed by atoms with Crippen molar-refractivity contribution in [3.05, 3.63) is 29.8 Å². The van der Waals surface area contributed by atoms with Crippen molar-refractivity contribution in [1.29, 1.82) is 0 Å². The predicted octanol–water partition coefficient (Wildman–Crippen LogP) is 4.05. The second-order valence-corrected chi connectivity index (χ2v) is 6.18. The van der Waals surface area contributed by atoms with Gasteiger partial charge in [0.1, 0.15) is 0 Å². The van der Waals surface area contributed by atoms with E-state index < -0.39 is 0 Å². The first-order chi connectivity index (χ1) is 11.0. The molecule has 4 nitrogen and oxygen atoms in total. The minimum absolute atomic E-state index is 0.0724. The lowest BCUT2D eigenvalue weighted by atomic mass is 10.0. The summed E-state index contributed by atoms with van der Waals surface area (Å²) in [6.07, 6.45) is 6.67. The van der Waals surface area contributed by atoms with Crippen LogP contribution in [0.4, 0.5) is 0 Å². The quantitative estimate of drug-likeness (QED) is 0.699. The van der Waals surface area contributed by atoms with Gasteiger partial charge in [-0.3, -0.25) is 4.79 Å². The van der Waals surface area contributed by atoms with Crippen LogP contribution in [0.3, 0.4) is 0 Å². The van der Waals surface area contributed by atoms with Gasteiger partial charge in [-0.05, 0) is 43.0 Å². The normalized spacial score (nSPS) is 12.4. The Hall–Kier alpha value is -1.97. The molecule has 128 valence electrons. The highest BCUT2D eigenvalue weighted by atomic mass is 16.5. The van der Waals surface area contributed by atoms with Crippen LogP contribution in [0, 0.1) is 5.92 Å². The van der Waals surface area contributed by atoms with Crippen molar-refractivity contribution in [3.8, 4) is 11.5 Å². The fourth-order valence-electron chi connectivity index (χ4n) is 2.32. The minimum atomic E-state index is -0.0724. The summed E-state index contributed by atoms with van der Waals surface area (Å²) in [4.78, 5) is 11.9. The maximum atomic E-state index is 11.9. The van der Waals surface area contributed by atoms with Gasteiger partial charge in [0.15, 0.2) is 11.5 Å². The topological polar surface area (TPSA) is 47.6 Å². The molecule has 0 radical (unpaired) electrons. The maximum Gasteiger partial charge on any atom is 0.244 e. The van der Waals surface area contributed by atoms with Crippen LogP contribution in [0.2, 0.25) is 0 Å². The molecule has 1 atom stereocenters. The van der Waals surface area contributed by atoms with E-state index in [9.17, 15) is 4.79 Å². The Morgan fingerprint density at radius 3 is 2.43 bits per heavy atom. The van der Waals surface area contributed by atoms with Crippen LogP contribution >= 0.6 is 0 Å². The van der Waals surface area contributed by atoms with Crippen molar-refractivity contribution in [2.24, 2.45) is 5.92 Å². The van der Waals surface area contributed by atoms with Gasteiger partial charge in [-0.15, -0.1) is 0 Å². The SMILES string of the molecule is COc1ccc(C=CC(=O)NC(C)CCCC(C)C)cc1OC. The Kier molecular flexibility index (Phi) is 8.23. The summed E-state index contributed by atoms with van der Waals surface area (Å²) in [5.74, 6) is 1.96. The van der Waals surface area contributed by atoms with E-state index in [0.717, 1.165) is 18.4 Å². The molecule has 0 aliphatic heterocycles. The summed E-state index contributed by atoms with van der Waals surface area (Å²) in [5, 5.41) is 2.99. The molecule has 0 aliphatic rings. The molecule has 0 aromatic heterocycles. The minimum Gasteiger partial charge on any atom is -0.493 e. The molecule has 1 aromatic rings. The van der Waals surface area contributed by atoms with Crippen molar-refractivity contribution >= 4 is 12.0 Å². The number of hydrogen-bond donors (Lipinski definition) is 1. The summed E-state index contributed by atoms with van der Waals surface area (Å²) in [6, 6.07) is 5.74. The summed E-state index contributed by atoms with van der Waals surface area (Å²) in [7, 11) is 3.19. The van der Waals surface area contributed by atoms with Gasteiger partial charge in [-0.2, -0.15) is 0 Å². The summed E-state index contributed by atoms with van der Waals surface area (Å²) in [5.41, 5.74) is 0.894. The number of carbonyl (C=O) groups excluding carboxylic acids is 1. The molecule has 1 N–H and O–H groups in total. The number of hydrogen-bond acceptors (Lipinski definition) is 3. The standard InChI is InChI=1S/C19H29NO3/c1-14(2)7-6-8-15(3)20-19(21)12-10-16-9-11-17(22-4)18(13-16)23-5/h9-15H,6-8H2,1-5H3,(H,20,21). The molecule has 0 heterocycles. The van der Waals surface area contributed by atoms with Gasteiger partial charge in [0.2, 0.25) is 5.91 Å². The monoisotopic (exact) mass is 319 g/mol. The van der Waals surface area contributed by atoms with E-state index in [2.05, 4.69) is 19.2 Å². The Bertz CT molecular complexity index is 523. The van der Waals surface area contributed by atoms with Crippen molar-refractivity contribution in [3.63, 3.8) is 0 Å². The average Bonchev–Trinajstić information content (AvgIpc) is 2.52. The third kappa shape index (κ3) is 7.22. The second kappa shape index (κ2) is 9.93. The molecule has 0 saturated heterocycles. The number of ether oxygens (including phenoxy) is 2. The van der Waals surface area contributed by atoms with Gasteiger partial charge < -0.3 is 14.8 Å². The van der Waals surface area contributed by atoms with E-state index in [-0.39, 0.29) is 11.9 Å². The molecule has 0 spiro atoms. The van der Waals surface area contributed by atoms with Crippen LogP contribution in [-0.4, -0.2) is 26.2 Å². The Morgan fingerprint density at radius 1 is 1.13 bits per heavy atom. The number of methoxy groups -OCH3 is 2. The lowest BCUT2D eigenvalue weighted by molar-refractivity contribution is -0.117. The molecule has 4 heteroatoms. The van der Waals surface area contributed by atoms with Crippen molar-refractivity contribution in [2.45, 2.75) is 46.1 Å². The zero-order valence-electron chi connectivity index (χ0n) is 14.9. The van der Waals surface area contributed by atoms with E-state index in [0.29, 0.717) is 17.4 Å². The zero-order valence-corrected chi connectivity index (χ0v) is 14.9. The molecular weight excluding hydrogens is 290 g/mol. The van der Waals surface area contributed by atoms with E-state index >= 15 is 0 Å². The smallest absolute Gasteiger partial charge is 0.244 e. The Balaban J connectivity index is 2.51. The number of amides is 1. The van der Waals surface area contributed by atoms with Gasteiger partial charge in [0.25, 0.3) is 0 Å². The molecule has 0 saturated carbocycles. The van der Waals surface area contributed by atoms with E-state index in [1.165, 1.54) is 6.42 Å². The highest BCUT2D eigenvalue weighted by molar-refractivity contribution is 5.91. The fourth-order valence-corrected chi connectivity index (χ4v) is 2.32. The third-order valence-corrected chi connectivity index (χ3v) is 3.64. The number of carbonyl (C=O) groups is 1. The summed E-state index contributed by atoms with van der Waals surface area (Å²) >= 11 is 0. The van der Waals surface area contributed by atoms with Crippen LogP contribution in [0.1, 0.15) is 45.6 Å². The summed E-state index contributed by atoms with van der Waals surface area (Å²) in [6.45, 7) is 6.48. The molecule has 1 rings (SSSR count). The molecule has 1 aromatic carbocycles. The molecule has 1 amide bonds. The molecule has 0 bridgehead atoms. The first-order valence-corrected chi connectivity index (χ1v) is 8.16. The zero-order chi connectivity index (χ0) is 17.2. The van der Waals surface area contributed by atoms with Gasteiger partial charge in [-0.25, -0.2) is 0 Å². The maximum absolute atomic E-state index is 11.9. The van der Waals surface area contributed by atoms with Crippen LogP contribution < -0.4 is 14.8 Å². The predicted molar refractivity (Wildman–Crippen MR) is 94.9 cm³/mol. The molecule has 0 aliphatic carbocycles. The molecule has 0 fully saturated rings. The Labute approximate surface area is 139 Å². The van der Waals surface area contributed by atoms with Gasteiger partial charge >= 0.3 is 0 Å². The van der Waals surface area contributed by atoms with Crippen molar-refractivity contribution in [2.75, 3.05) is 14.2 Å². The van der Waals surface area contributed by atoms with Crippen LogP contribution in [-0.2, 0) is 4.79 Å². The summed E-state index contributed by atoms with van der Waals surface area (Å²) < 4.78 is 10.4. The molecular formula is C19H29NO3. The van der Waals surface area contributed by atoms with E-state index in [1.54, 1.807) is 26.4 Å². The first-order valence-electron chi connectivity index (χ1n) is 8.16. The van der Waals surface area contributed by atoms with Crippen molar-refractivity contribution in [1.82, 2.24) is 5.32 Å². The number of benzene rings is 1.